The summed E-state index contributed by atoms with van der Waals surface area (Å²) in [5.41, 5.74) is 8.86. The van der Waals surface area contributed by atoms with Crippen LogP contribution in [0.4, 0.5) is 5.69 Å². The van der Waals surface area contributed by atoms with Crippen molar-refractivity contribution in [3.8, 4) is 0 Å². The smallest absolute Gasteiger partial charge is 0.0575 e. The highest BCUT2D eigenvalue weighted by molar-refractivity contribution is 5.47. The Kier molecular flexibility index (Phi) is 3.28. The summed E-state index contributed by atoms with van der Waals surface area (Å²) >= 11 is 0. The molecule has 72 valence electrons. The van der Waals surface area contributed by atoms with Crippen LogP contribution in [0.5, 0.6) is 0 Å². The molecular formula is C10H16N2O. The quantitative estimate of drug-likeness (QED) is 0.567. The molecule has 0 aromatic heterocycles. The molecule has 13 heavy (non-hydrogen) atoms. The molecule has 0 aliphatic rings. The SMILES string of the molecule is CON(C)Cc1ccc(N)c(C)c1. The van der Waals surface area contributed by atoms with Crippen LogP contribution in [0, 0.1) is 6.92 Å². The van der Waals surface area contributed by atoms with E-state index in [1.807, 2.05) is 26.1 Å². The van der Waals surface area contributed by atoms with Gasteiger partial charge in [-0.3, -0.25) is 0 Å². The van der Waals surface area contributed by atoms with E-state index in [2.05, 4.69) is 6.07 Å². The summed E-state index contributed by atoms with van der Waals surface area (Å²) in [5.74, 6) is 0. The van der Waals surface area contributed by atoms with Crippen molar-refractivity contribution in [3.05, 3.63) is 29.3 Å². The molecule has 0 aliphatic heterocycles. The number of nitrogens with two attached hydrogens (primary N) is 1. The van der Waals surface area contributed by atoms with Crippen LogP contribution in [0.25, 0.3) is 0 Å². The van der Waals surface area contributed by atoms with Crippen molar-refractivity contribution in [1.29, 1.82) is 0 Å². The summed E-state index contributed by atoms with van der Waals surface area (Å²) in [4.78, 5) is 5.03. The Morgan fingerprint density at radius 3 is 2.69 bits per heavy atom. The molecule has 1 aromatic rings. The van der Waals surface area contributed by atoms with Gasteiger partial charge in [0.25, 0.3) is 0 Å². The summed E-state index contributed by atoms with van der Waals surface area (Å²) in [6, 6.07) is 6.01. The van der Waals surface area contributed by atoms with E-state index in [1.54, 1.807) is 12.2 Å². The largest absolute Gasteiger partial charge is 0.399 e. The highest BCUT2D eigenvalue weighted by atomic mass is 16.7. The van der Waals surface area contributed by atoms with Crippen molar-refractivity contribution >= 4 is 5.69 Å². The molecule has 0 unspecified atom stereocenters. The molecule has 0 radical (unpaired) electrons. The third kappa shape index (κ3) is 2.72. The Bertz CT molecular complexity index is 286. The first kappa shape index (κ1) is 10.0. The third-order valence-electron chi connectivity index (χ3n) is 2.05. The maximum Gasteiger partial charge on any atom is 0.0575 e. The molecule has 0 saturated heterocycles. The van der Waals surface area contributed by atoms with Gasteiger partial charge in [0.1, 0.15) is 0 Å². The van der Waals surface area contributed by atoms with Gasteiger partial charge >= 0.3 is 0 Å². The zero-order valence-corrected chi connectivity index (χ0v) is 8.37. The predicted octanol–water partition coefficient (Wildman–Crippen LogP) is 1.57. The number of hydrogen-bond donors (Lipinski definition) is 1. The van der Waals surface area contributed by atoms with Gasteiger partial charge in [-0.25, -0.2) is 0 Å². The normalized spacial score (nSPS) is 10.8. The molecule has 3 heteroatoms. The fraction of sp³-hybridized carbons (Fsp3) is 0.400. The highest BCUT2D eigenvalue weighted by Crippen LogP contribution is 2.13. The zero-order valence-electron chi connectivity index (χ0n) is 8.37. The topological polar surface area (TPSA) is 38.5 Å². The van der Waals surface area contributed by atoms with Gasteiger partial charge in [0, 0.05) is 19.3 Å². The van der Waals surface area contributed by atoms with E-state index >= 15 is 0 Å². The first-order valence-electron chi connectivity index (χ1n) is 4.23. The van der Waals surface area contributed by atoms with E-state index in [-0.39, 0.29) is 0 Å². The van der Waals surface area contributed by atoms with Crippen LogP contribution in [-0.2, 0) is 11.4 Å². The molecule has 1 rings (SSSR count). The van der Waals surface area contributed by atoms with Crippen LogP contribution in [0.15, 0.2) is 18.2 Å². The van der Waals surface area contributed by atoms with E-state index in [0.29, 0.717) is 0 Å². The van der Waals surface area contributed by atoms with Gasteiger partial charge in [-0.15, -0.1) is 0 Å². The van der Waals surface area contributed by atoms with Crippen molar-refractivity contribution in [2.45, 2.75) is 13.5 Å². The number of hydrogen-bond acceptors (Lipinski definition) is 3. The van der Waals surface area contributed by atoms with Crippen molar-refractivity contribution in [3.63, 3.8) is 0 Å². The maximum atomic E-state index is 5.71. The number of nitrogens with zero attached hydrogens (tertiary/aromatic N) is 1. The second-order valence-corrected chi connectivity index (χ2v) is 3.16. The molecule has 0 spiro atoms. The molecular weight excluding hydrogens is 164 g/mol. The van der Waals surface area contributed by atoms with Crippen molar-refractivity contribution in [2.24, 2.45) is 0 Å². The molecule has 0 bridgehead atoms. The Balaban J connectivity index is 2.73. The Morgan fingerprint density at radius 1 is 1.46 bits per heavy atom. The zero-order chi connectivity index (χ0) is 9.84. The summed E-state index contributed by atoms with van der Waals surface area (Å²) < 4.78 is 0. The van der Waals surface area contributed by atoms with E-state index in [9.17, 15) is 0 Å². The van der Waals surface area contributed by atoms with E-state index < -0.39 is 0 Å². The van der Waals surface area contributed by atoms with Gasteiger partial charge < -0.3 is 10.6 Å². The van der Waals surface area contributed by atoms with Gasteiger partial charge in [0.15, 0.2) is 0 Å². The Hall–Kier alpha value is -1.06. The first-order chi connectivity index (χ1) is 6.13. The third-order valence-corrected chi connectivity index (χ3v) is 2.05. The van der Waals surface area contributed by atoms with Gasteiger partial charge in [0.05, 0.1) is 7.11 Å². The fourth-order valence-corrected chi connectivity index (χ4v) is 1.16. The summed E-state index contributed by atoms with van der Waals surface area (Å²) in [7, 11) is 3.55. The standard InChI is InChI=1S/C10H16N2O/c1-8-6-9(4-5-10(8)11)7-12(2)13-3/h4-6H,7,11H2,1-3H3. The Labute approximate surface area is 79.1 Å². The van der Waals surface area contributed by atoms with Crippen LogP contribution in [0.3, 0.4) is 0 Å². The molecule has 3 nitrogen and oxygen atoms in total. The molecule has 0 fully saturated rings. The highest BCUT2D eigenvalue weighted by Gasteiger charge is 2.00. The number of nitrogen functional groups attached to an aromatic ring is 1. The van der Waals surface area contributed by atoms with Crippen molar-refractivity contribution in [1.82, 2.24) is 5.06 Å². The molecule has 2 N–H and O–H groups in total. The lowest BCUT2D eigenvalue weighted by molar-refractivity contribution is -0.116. The predicted molar refractivity (Wildman–Crippen MR) is 54.1 cm³/mol. The monoisotopic (exact) mass is 180 g/mol. The van der Waals surface area contributed by atoms with Crippen LogP contribution < -0.4 is 5.73 Å². The lowest BCUT2D eigenvalue weighted by Gasteiger charge is -2.13. The van der Waals surface area contributed by atoms with Crippen LogP contribution in [0.1, 0.15) is 11.1 Å². The summed E-state index contributed by atoms with van der Waals surface area (Å²) in [5, 5.41) is 1.77. The van der Waals surface area contributed by atoms with E-state index in [4.69, 9.17) is 10.6 Å². The number of benzene rings is 1. The summed E-state index contributed by atoms with van der Waals surface area (Å²) in [6.07, 6.45) is 0. The molecule has 0 saturated carbocycles. The first-order valence-corrected chi connectivity index (χ1v) is 4.23. The summed E-state index contributed by atoms with van der Waals surface area (Å²) in [6.45, 7) is 2.78. The van der Waals surface area contributed by atoms with Gasteiger partial charge in [-0.05, 0) is 24.1 Å². The average Bonchev–Trinajstić information content (AvgIpc) is 2.11. The molecule has 0 heterocycles. The minimum atomic E-state index is 0.775. The van der Waals surface area contributed by atoms with Gasteiger partial charge in [-0.1, -0.05) is 12.1 Å². The lowest BCUT2D eigenvalue weighted by Crippen LogP contribution is -2.15. The van der Waals surface area contributed by atoms with Crippen LogP contribution >= 0.6 is 0 Å². The number of aryl methyl sites for hydroxylation is 1. The second-order valence-electron chi connectivity index (χ2n) is 3.16. The van der Waals surface area contributed by atoms with Crippen LogP contribution in [-0.4, -0.2) is 19.2 Å². The van der Waals surface area contributed by atoms with Gasteiger partial charge in [0.2, 0.25) is 0 Å². The molecule has 0 amide bonds. The molecule has 1 aromatic carbocycles. The van der Waals surface area contributed by atoms with Crippen molar-refractivity contribution < 1.29 is 4.84 Å². The Morgan fingerprint density at radius 2 is 2.15 bits per heavy atom. The number of rotatable bonds is 3. The average molecular weight is 180 g/mol. The fourth-order valence-electron chi connectivity index (χ4n) is 1.16. The maximum absolute atomic E-state index is 5.71. The van der Waals surface area contributed by atoms with E-state index in [0.717, 1.165) is 17.8 Å². The number of anilines is 1. The number of hydroxylamine groups is 2. The van der Waals surface area contributed by atoms with Gasteiger partial charge in [-0.2, -0.15) is 5.06 Å². The minimum Gasteiger partial charge on any atom is -0.399 e. The minimum absolute atomic E-state index is 0.775. The lowest BCUT2D eigenvalue weighted by atomic mass is 10.1. The molecule has 0 atom stereocenters. The molecule has 0 aliphatic carbocycles. The second kappa shape index (κ2) is 4.25. The van der Waals surface area contributed by atoms with Crippen LogP contribution in [0.2, 0.25) is 0 Å². The van der Waals surface area contributed by atoms with E-state index in [1.165, 1.54) is 5.56 Å². The van der Waals surface area contributed by atoms with Crippen molar-refractivity contribution in [2.75, 3.05) is 19.9 Å².